The van der Waals surface area contributed by atoms with Crippen molar-refractivity contribution in [2.75, 3.05) is 0 Å². The minimum atomic E-state index is 0.619. The average Bonchev–Trinajstić information content (AvgIpc) is 2.71. The van der Waals surface area contributed by atoms with Crippen molar-refractivity contribution in [1.29, 1.82) is 5.26 Å². The molecule has 0 N–H and O–H groups in total. The van der Waals surface area contributed by atoms with Crippen molar-refractivity contribution in [3.05, 3.63) is 42.2 Å². The molecule has 4 nitrogen and oxygen atoms in total. The fraction of sp³-hybridized carbons (Fsp3) is 0. The van der Waals surface area contributed by atoms with Gasteiger partial charge >= 0.3 is 0 Å². The maximum Gasteiger partial charge on any atom is 0.0992 e. The van der Waals surface area contributed by atoms with E-state index in [1.165, 1.54) is 0 Å². The molecule has 0 aliphatic heterocycles. The second-order valence-electron chi connectivity index (χ2n) is 2.51. The first kappa shape index (κ1) is 7.50. The van der Waals surface area contributed by atoms with Crippen LogP contribution in [0.25, 0.3) is 5.69 Å². The SMILES string of the molecule is N#Cc1cccc(-n2ccnn2)c1. The maximum atomic E-state index is 8.66. The number of hydrogen-bond acceptors (Lipinski definition) is 3. The monoisotopic (exact) mass is 170 g/mol. The Hall–Kier alpha value is -2.15. The van der Waals surface area contributed by atoms with Crippen LogP contribution in [0.3, 0.4) is 0 Å². The zero-order chi connectivity index (χ0) is 9.10. The summed E-state index contributed by atoms with van der Waals surface area (Å²) in [4.78, 5) is 0. The normalized spacial score (nSPS) is 9.46. The first-order valence-electron chi connectivity index (χ1n) is 3.77. The Morgan fingerprint density at radius 2 is 2.31 bits per heavy atom. The van der Waals surface area contributed by atoms with Crippen LogP contribution in [0.1, 0.15) is 5.56 Å². The van der Waals surface area contributed by atoms with E-state index in [2.05, 4.69) is 16.4 Å². The van der Waals surface area contributed by atoms with Crippen molar-refractivity contribution in [1.82, 2.24) is 15.0 Å². The van der Waals surface area contributed by atoms with Gasteiger partial charge in [0.15, 0.2) is 0 Å². The van der Waals surface area contributed by atoms with Crippen LogP contribution < -0.4 is 0 Å². The smallest absolute Gasteiger partial charge is 0.0992 e. The molecule has 0 aliphatic rings. The largest absolute Gasteiger partial charge is 0.221 e. The molecule has 0 bridgehead atoms. The van der Waals surface area contributed by atoms with Gasteiger partial charge in [-0.05, 0) is 18.2 Å². The lowest BCUT2D eigenvalue weighted by molar-refractivity contribution is 0.803. The summed E-state index contributed by atoms with van der Waals surface area (Å²) in [6, 6.07) is 9.26. The molecular weight excluding hydrogens is 164 g/mol. The van der Waals surface area contributed by atoms with E-state index in [0.29, 0.717) is 5.56 Å². The van der Waals surface area contributed by atoms with E-state index >= 15 is 0 Å². The van der Waals surface area contributed by atoms with E-state index < -0.39 is 0 Å². The predicted octanol–water partition coefficient (Wildman–Crippen LogP) is 1.14. The molecular formula is C9H6N4. The van der Waals surface area contributed by atoms with Crippen LogP contribution in [0.15, 0.2) is 36.7 Å². The number of nitrogens with zero attached hydrogens (tertiary/aromatic N) is 4. The minimum absolute atomic E-state index is 0.619. The molecule has 1 heterocycles. The summed E-state index contributed by atoms with van der Waals surface area (Å²) in [5.74, 6) is 0. The van der Waals surface area contributed by atoms with E-state index in [9.17, 15) is 0 Å². The topological polar surface area (TPSA) is 54.5 Å². The molecule has 2 aromatic rings. The van der Waals surface area contributed by atoms with Crippen molar-refractivity contribution >= 4 is 0 Å². The third kappa shape index (κ3) is 1.40. The molecule has 13 heavy (non-hydrogen) atoms. The van der Waals surface area contributed by atoms with Crippen molar-refractivity contribution in [2.24, 2.45) is 0 Å². The summed E-state index contributed by atoms with van der Waals surface area (Å²) < 4.78 is 1.61. The number of rotatable bonds is 1. The number of aromatic nitrogens is 3. The molecule has 1 aromatic carbocycles. The molecule has 0 saturated carbocycles. The standard InChI is InChI=1S/C9H6N4/c10-7-8-2-1-3-9(6-8)13-5-4-11-12-13/h1-6H. The number of benzene rings is 1. The van der Waals surface area contributed by atoms with Crippen LogP contribution in [0.4, 0.5) is 0 Å². The van der Waals surface area contributed by atoms with Gasteiger partial charge in [-0.25, -0.2) is 4.68 Å². The highest BCUT2D eigenvalue weighted by atomic mass is 15.4. The summed E-state index contributed by atoms with van der Waals surface area (Å²) in [6.45, 7) is 0. The van der Waals surface area contributed by atoms with Crippen molar-refractivity contribution < 1.29 is 0 Å². The lowest BCUT2D eigenvalue weighted by Gasteiger charge is -1.98. The molecule has 0 aliphatic carbocycles. The quantitative estimate of drug-likeness (QED) is 0.644. The molecule has 0 atom stereocenters. The van der Waals surface area contributed by atoms with E-state index in [-0.39, 0.29) is 0 Å². The molecule has 0 radical (unpaired) electrons. The fourth-order valence-electron chi connectivity index (χ4n) is 1.06. The van der Waals surface area contributed by atoms with Gasteiger partial charge < -0.3 is 0 Å². The fourth-order valence-corrected chi connectivity index (χ4v) is 1.06. The van der Waals surface area contributed by atoms with Crippen molar-refractivity contribution in [2.45, 2.75) is 0 Å². The summed E-state index contributed by atoms with van der Waals surface area (Å²) in [6.07, 6.45) is 3.33. The molecule has 0 spiro atoms. The number of nitriles is 1. The van der Waals surface area contributed by atoms with Gasteiger partial charge in [-0.15, -0.1) is 5.10 Å². The lowest BCUT2D eigenvalue weighted by Crippen LogP contribution is -1.94. The zero-order valence-electron chi connectivity index (χ0n) is 6.75. The second-order valence-corrected chi connectivity index (χ2v) is 2.51. The minimum Gasteiger partial charge on any atom is -0.221 e. The van der Waals surface area contributed by atoms with Crippen molar-refractivity contribution in [3.8, 4) is 11.8 Å². The highest BCUT2D eigenvalue weighted by Crippen LogP contribution is 2.07. The molecule has 4 heteroatoms. The van der Waals surface area contributed by atoms with Gasteiger partial charge in [0.05, 0.1) is 29.7 Å². The van der Waals surface area contributed by atoms with Gasteiger partial charge in [-0.1, -0.05) is 11.3 Å². The van der Waals surface area contributed by atoms with Gasteiger partial charge in [-0.2, -0.15) is 5.26 Å². The third-order valence-corrected chi connectivity index (χ3v) is 1.66. The van der Waals surface area contributed by atoms with E-state index in [1.54, 1.807) is 29.2 Å². The molecule has 62 valence electrons. The van der Waals surface area contributed by atoms with Crippen LogP contribution >= 0.6 is 0 Å². The van der Waals surface area contributed by atoms with Gasteiger partial charge in [0.25, 0.3) is 0 Å². The molecule has 0 saturated heterocycles. The predicted molar refractivity (Wildman–Crippen MR) is 46.1 cm³/mol. The Labute approximate surface area is 75.0 Å². The van der Waals surface area contributed by atoms with Crippen LogP contribution in [0.2, 0.25) is 0 Å². The molecule has 0 amide bonds. The van der Waals surface area contributed by atoms with Crippen LogP contribution in [0.5, 0.6) is 0 Å². The zero-order valence-corrected chi connectivity index (χ0v) is 6.75. The van der Waals surface area contributed by atoms with Crippen LogP contribution in [0, 0.1) is 11.3 Å². The van der Waals surface area contributed by atoms with Gasteiger partial charge in [0, 0.05) is 0 Å². The average molecular weight is 170 g/mol. The van der Waals surface area contributed by atoms with Crippen LogP contribution in [-0.4, -0.2) is 15.0 Å². The van der Waals surface area contributed by atoms with Gasteiger partial charge in [0.2, 0.25) is 0 Å². The molecule has 2 rings (SSSR count). The Morgan fingerprint density at radius 3 is 3.00 bits per heavy atom. The summed E-state index contributed by atoms with van der Waals surface area (Å²) in [7, 11) is 0. The third-order valence-electron chi connectivity index (χ3n) is 1.66. The summed E-state index contributed by atoms with van der Waals surface area (Å²) in [5, 5.41) is 16.2. The summed E-state index contributed by atoms with van der Waals surface area (Å²) in [5.41, 5.74) is 1.46. The Bertz CT molecular complexity index is 439. The van der Waals surface area contributed by atoms with E-state index in [4.69, 9.17) is 5.26 Å². The van der Waals surface area contributed by atoms with Crippen LogP contribution in [-0.2, 0) is 0 Å². The molecule has 1 aromatic heterocycles. The van der Waals surface area contributed by atoms with Crippen molar-refractivity contribution in [3.63, 3.8) is 0 Å². The van der Waals surface area contributed by atoms with Gasteiger partial charge in [-0.3, -0.25) is 0 Å². The Balaban J connectivity index is 2.49. The molecule has 0 fully saturated rings. The number of hydrogen-bond donors (Lipinski definition) is 0. The Kier molecular flexibility index (Phi) is 1.77. The first-order chi connectivity index (χ1) is 6.40. The summed E-state index contributed by atoms with van der Waals surface area (Å²) >= 11 is 0. The molecule has 0 unspecified atom stereocenters. The van der Waals surface area contributed by atoms with Gasteiger partial charge in [0.1, 0.15) is 0 Å². The Morgan fingerprint density at radius 1 is 1.38 bits per heavy atom. The van der Waals surface area contributed by atoms with E-state index in [1.807, 2.05) is 12.1 Å². The van der Waals surface area contributed by atoms with E-state index in [0.717, 1.165) is 5.69 Å². The highest BCUT2D eigenvalue weighted by Gasteiger charge is 1.96. The highest BCUT2D eigenvalue weighted by molar-refractivity contribution is 5.40. The maximum absolute atomic E-state index is 8.66. The first-order valence-corrected chi connectivity index (χ1v) is 3.77. The second kappa shape index (κ2) is 3.07. The lowest BCUT2D eigenvalue weighted by atomic mass is 10.2.